The third kappa shape index (κ3) is 6.08. The molecule has 8 nitrogen and oxygen atoms in total. The van der Waals surface area contributed by atoms with Gasteiger partial charge in [-0.3, -0.25) is 0 Å². The first kappa shape index (κ1) is 27.7. The fourth-order valence-electron chi connectivity index (χ4n) is 8.46. The van der Waals surface area contributed by atoms with Crippen LogP contribution in [0.4, 0.5) is 11.8 Å². The summed E-state index contributed by atoms with van der Waals surface area (Å²) in [6, 6.07) is 11.8. The minimum atomic E-state index is 0.220. The number of anilines is 2. The van der Waals surface area contributed by atoms with Crippen LogP contribution >= 0.6 is 11.6 Å². The van der Waals surface area contributed by atoms with E-state index in [0.717, 1.165) is 29.9 Å². The van der Waals surface area contributed by atoms with Crippen molar-refractivity contribution in [1.29, 1.82) is 5.26 Å². The second-order valence-electron chi connectivity index (χ2n) is 12.8. The average molecular weight is 564 g/mol. The summed E-state index contributed by atoms with van der Waals surface area (Å²) in [6.07, 6.45) is 13.0. The van der Waals surface area contributed by atoms with Crippen molar-refractivity contribution in [1.82, 2.24) is 20.6 Å². The first-order valence-corrected chi connectivity index (χ1v) is 15.5. The molecule has 40 heavy (non-hydrogen) atoms. The van der Waals surface area contributed by atoms with Gasteiger partial charge < -0.3 is 26.4 Å². The second-order valence-corrected chi connectivity index (χ2v) is 13.2. The molecule has 1 aromatic carbocycles. The van der Waals surface area contributed by atoms with Gasteiger partial charge in [0.05, 0.1) is 12.8 Å². The number of rotatable bonds is 11. The average Bonchev–Trinajstić information content (AvgIpc) is 2.97. The van der Waals surface area contributed by atoms with Crippen molar-refractivity contribution in [2.75, 3.05) is 30.3 Å². The molecule has 0 radical (unpaired) electrons. The number of aliphatic hydroxyl groups excluding tert-OH is 1. The highest BCUT2D eigenvalue weighted by molar-refractivity contribution is 6.31. The fourth-order valence-corrected chi connectivity index (χ4v) is 8.66. The maximum Gasteiger partial charge on any atom is 0.224 e. The predicted octanol–water partition coefficient (Wildman–Crippen LogP) is 4.70. The molecule has 0 saturated heterocycles. The smallest absolute Gasteiger partial charge is 0.224 e. The van der Waals surface area contributed by atoms with Gasteiger partial charge in [-0.05, 0) is 92.6 Å². The van der Waals surface area contributed by atoms with Crippen LogP contribution in [0.2, 0.25) is 5.02 Å². The van der Waals surface area contributed by atoms with Gasteiger partial charge in [0.1, 0.15) is 17.5 Å². The zero-order chi connectivity index (χ0) is 27.5. The van der Waals surface area contributed by atoms with Gasteiger partial charge in [0.25, 0.3) is 0 Å². The fraction of sp³-hybridized carbons (Fsp3) is 0.645. The van der Waals surface area contributed by atoms with Crippen LogP contribution in [0.5, 0.6) is 0 Å². The summed E-state index contributed by atoms with van der Waals surface area (Å²) in [5.41, 5.74) is 1.75. The molecule has 0 amide bonds. The Hall–Kier alpha value is -2.44. The molecular weight excluding hydrogens is 522 g/mol. The lowest BCUT2D eigenvalue weighted by atomic mass is 9.47. The minimum absolute atomic E-state index is 0.220. The Morgan fingerprint density at radius 1 is 1.02 bits per heavy atom. The Bertz CT molecular complexity index is 1190. The van der Waals surface area contributed by atoms with E-state index in [4.69, 9.17) is 21.7 Å². The molecule has 214 valence electrons. The lowest BCUT2D eigenvalue weighted by Gasteiger charge is -2.61. The molecule has 5 fully saturated rings. The van der Waals surface area contributed by atoms with Crippen LogP contribution in [0, 0.1) is 34.5 Å². The molecule has 4 bridgehead atoms. The van der Waals surface area contributed by atoms with Crippen molar-refractivity contribution in [2.45, 2.75) is 82.5 Å². The van der Waals surface area contributed by atoms with E-state index >= 15 is 0 Å². The summed E-state index contributed by atoms with van der Waals surface area (Å²) in [5.74, 6) is 3.43. The van der Waals surface area contributed by atoms with Gasteiger partial charge in [-0.25, -0.2) is 4.98 Å². The zero-order valence-electron chi connectivity index (χ0n) is 23.2. The minimum Gasteiger partial charge on any atom is -0.395 e. The summed E-state index contributed by atoms with van der Waals surface area (Å²) in [5, 5.41) is 34.0. The van der Waals surface area contributed by atoms with E-state index in [1.165, 1.54) is 57.8 Å². The number of aliphatic hydroxyl groups is 1. The van der Waals surface area contributed by atoms with E-state index in [2.05, 4.69) is 32.3 Å². The molecule has 7 rings (SSSR count). The van der Waals surface area contributed by atoms with Crippen LogP contribution in [0.3, 0.4) is 0 Å². The summed E-state index contributed by atoms with van der Waals surface area (Å²) < 4.78 is 0. The van der Waals surface area contributed by atoms with Crippen LogP contribution in [-0.4, -0.2) is 52.9 Å². The molecule has 5 aliphatic rings. The van der Waals surface area contributed by atoms with Crippen molar-refractivity contribution >= 4 is 23.4 Å². The molecule has 1 aromatic heterocycles. The number of aromatic nitrogens is 2. The van der Waals surface area contributed by atoms with Gasteiger partial charge in [0.15, 0.2) is 0 Å². The molecule has 5 N–H and O–H groups in total. The number of halogens is 1. The van der Waals surface area contributed by atoms with Gasteiger partial charge in [0.2, 0.25) is 5.95 Å². The summed E-state index contributed by atoms with van der Waals surface area (Å²) in [4.78, 5) is 9.06. The highest BCUT2D eigenvalue weighted by Gasteiger charge is 2.55. The van der Waals surface area contributed by atoms with Crippen LogP contribution < -0.4 is 21.3 Å². The zero-order valence-corrected chi connectivity index (χ0v) is 24.0. The lowest BCUT2D eigenvalue weighted by Crippen LogP contribution is -2.61. The number of nitrogens with one attached hydrogen (secondary N) is 4. The van der Waals surface area contributed by atoms with Crippen molar-refractivity contribution in [3.05, 3.63) is 46.6 Å². The Morgan fingerprint density at radius 3 is 2.50 bits per heavy atom. The van der Waals surface area contributed by atoms with Crippen molar-refractivity contribution in [3.63, 3.8) is 0 Å². The number of hydrogen-bond acceptors (Lipinski definition) is 8. The monoisotopic (exact) mass is 563 g/mol. The molecule has 0 spiro atoms. The quantitative estimate of drug-likeness (QED) is 0.267. The Morgan fingerprint density at radius 2 is 1.77 bits per heavy atom. The second kappa shape index (κ2) is 12.2. The van der Waals surface area contributed by atoms with E-state index < -0.39 is 0 Å². The first-order chi connectivity index (χ1) is 19.5. The lowest BCUT2D eigenvalue weighted by molar-refractivity contribution is -0.0730. The Kier molecular flexibility index (Phi) is 8.45. The number of benzene rings is 1. The number of hydrogen-bond donors (Lipinski definition) is 5. The third-order valence-corrected chi connectivity index (χ3v) is 10.4. The molecule has 2 unspecified atom stereocenters. The van der Waals surface area contributed by atoms with Gasteiger partial charge in [-0.2, -0.15) is 10.2 Å². The maximum absolute atomic E-state index is 9.73. The van der Waals surface area contributed by atoms with Crippen LogP contribution in [0.25, 0.3) is 0 Å². The predicted molar refractivity (Wildman–Crippen MR) is 158 cm³/mol. The SMILES string of the molecule is N#Cc1cnc(NCc2ccccc2Cl)nc1NC[C@@]12CC3CC(C1)[C@@H](N[C@H]1CC[C@@H](NCCO)CC1)[C@@H](C3)C2. The van der Waals surface area contributed by atoms with Crippen LogP contribution in [0.15, 0.2) is 30.5 Å². The molecule has 5 atom stereocenters. The normalized spacial score (nSPS) is 32.5. The van der Waals surface area contributed by atoms with Crippen LogP contribution in [0.1, 0.15) is 68.9 Å². The third-order valence-electron chi connectivity index (χ3n) is 10.0. The van der Waals surface area contributed by atoms with E-state index in [1.807, 2.05) is 24.3 Å². The van der Waals surface area contributed by atoms with E-state index in [-0.39, 0.29) is 12.0 Å². The molecule has 5 saturated carbocycles. The van der Waals surface area contributed by atoms with Gasteiger partial charge in [0, 0.05) is 42.8 Å². The Balaban J connectivity index is 1.06. The van der Waals surface area contributed by atoms with E-state index in [0.29, 0.717) is 53.6 Å². The highest BCUT2D eigenvalue weighted by Crippen LogP contribution is 2.60. The molecule has 9 heteroatoms. The maximum atomic E-state index is 9.73. The van der Waals surface area contributed by atoms with Gasteiger partial charge in [-0.15, -0.1) is 0 Å². The van der Waals surface area contributed by atoms with Crippen molar-refractivity contribution in [3.8, 4) is 6.07 Å². The molecule has 1 heterocycles. The van der Waals surface area contributed by atoms with E-state index in [9.17, 15) is 5.26 Å². The molecular formula is C31H42ClN7O. The molecule has 5 aliphatic carbocycles. The van der Waals surface area contributed by atoms with Gasteiger partial charge >= 0.3 is 0 Å². The standard InChI is InChI=1S/C31H42ClN7O/c32-27-4-2-1-3-21(27)17-35-30-36-18-24(16-33)29(39-30)37-19-31-13-20-11-22(14-31)28(23(12-20)15-31)38-26-7-5-25(6-8-26)34-9-10-40/h1-4,18,20,22-23,25-26,28,34,38,40H,5-15,17,19H2,(H2,35,36,37,39)/t20?,22-,23?,25-,26+,28-,31+/m0/s1. The Labute approximate surface area is 242 Å². The van der Waals surface area contributed by atoms with Crippen molar-refractivity contribution in [2.24, 2.45) is 23.2 Å². The van der Waals surface area contributed by atoms with Crippen LogP contribution in [-0.2, 0) is 6.54 Å². The molecule has 0 aliphatic heterocycles. The van der Waals surface area contributed by atoms with E-state index in [1.54, 1.807) is 6.20 Å². The highest BCUT2D eigenvalue weighted by atomic mass is 35.5. The molecule has 2 aromatic rings. The summed E-state index contributed by atoms with van der Waals surface area (Å²) in [7, 11) is 0. The largest absolute Gasteiger partial charge is 0.395 e. The topological polar surface area (TPSA) is 118 Å². The first-order valence-electron chi connectivity index (χ1n) is 15.1. The summed E-state index contributed by atoms with van der Waals surface area (Å²) >= 11 is 6.31. The van der Waals surface area contributed by atoms with Gasteiger partial charge in [-0.1, -0.05) is 29.8 Å². The summed E-state index contributed by atoms with van der Waals surface area (Å²) in [6.45, 7) is 2.31. The number of nitriles is 1. The number of nitrogens with zero attached hydrogens (tertiary/aromatic N) is 3. The van der Waals surface area contributed by atoms with Crippen molar-refractivity contribution < 1.29 is 5.11 Å².